The average molecular weight is 451 g/mol. The standard InChI is InChI=1S/C27H36N3O3/c1-21(2)16-17-30(19-18-29(4)26(31)15-10-22(3)27(28)32)24-11-13-25(14-12-24)33-20-23-8-6-5-7-9-23/h5-9,11-16,22H,10,17-20H2,1-4H3,(H2,28,32). The molecule has 0 aliphatic carbocycles. The summed E-state index contributed by atoms with van der Waals surface area (Å²) in [5.41, 5.74) is 8.70. The van der Waals surface area contributed by atoms with Crippen LogP contribution in [0.5, 0.6) is 5.75 Å². The molecule has 0 fully saturated rings. The Morgan fingerprint density at radius 1 is 1.03 bits per heavy atom. The maximum atomic E-state index is 12.4. The molecule has 1 atom stereocenters. The van der Waals surface area contributed by atoms with Gasteiger partial charge in [0.1, 0.15) is 12.4 Å². The lowest BCUT2D eigenvalue weighted by molar-refractivity contribution is -0.126. The van der Waals surface area contributed by atoms with E-state index in [4.69, 9.17) is 10.5 Å². The molecule has 0 saturated carbocycles. The number of hydrogen-bond acceptors (Lipinski definition) is 4. The molecule has 2 aromatic carbocycles. The molecule has 0 aliphatic heterocycles. The van der Waals surface area contributed by atoms with Crippen LogP contribution in [0.2, 0.25) is 0 Å². The molecule has 2 aromatic rings. The number of hydrogen-bond donors (Lipinski definition) is 1. The number of carbonyl (C=O) groups is 2. The van der Waals surface area contributed by atoms with Gasteiger partial charge < -0.3 is 20.3 Å². The van der Waals surface area contributed by atoms with Crippen LogP contribution in [-0.4, -0.2) is 43.4 Å². The van der Waals surface area contributed by atoms with Crippen LogP contribution >= 0.6 is 0 Å². The molecule has 2 amide bonds. The molecule has 0 heterocycles. The highest BCUT2D eigenvalue weighted by Crippen LogP contribution is 2.21. The molecule has 0 spiro atoms. The number of allylic oxidation sites excluding steroid dienone is 1. The Balaban J connectivity index is 1.95. The van der Waals surface area contributed by atoms with Gasteiger partial charge in [-0.2, -0.15) is 0 Å². The Morgan fingerprint density at radius 2 is 1.70 bits per heavy atom. The topological polar surface area (TPSA) is 75.9 Å². The van der Waals surface area contributed by atoms with Crippen LogP contribution in [0.1, 0.15) is 32.8 Å². The van der Waals surface area contributed by atoms with E-state index in [9.17, 15) is 9.59 Å². The molecule has 1 unspecified atom stereocenters. The quantitative estimate of drug-likeness (QED) is 0.464. The second kappa shape index (κ2) is 13.3. The van der Waals surface area contributed by atoms with Crippen molar-refractivity contribution in [3.8, 4) is 5.75 Å². The summed E-state index contributed by atoms with van der Waals surface area (Å²) in [6, 6.07) is 18.1. The average Bonchev–Trinajstić information content (AvgIpc) is 2.81. The molecule has 6 heteroatoms. The highest BCUT2D eigenvalue weighted by Gasteiger charge is 2.15. The summed E-state index contributed by atoms with van der Waals surface area (Å²) >= 11 is 0. The van der Waals surface area contributed by atoms with Crippen molar-refractivity contribution in [2.24, 2.45) is 11.7 Å². The normalized spacial score (nSPS) is 11.4. The minimum Gasteiger partial charge on any atom is -0.489 e. The smallest absolute Gasteiger partial charge is 0.226 e. The number of carbonyl (C=O) groups excluding carboxylic acids is 2. The van der Waals surface area contributed by atoms with Crippen LogP contribution in [0.25, 0.3) is 0 Å². The van der Waals surface area contributed by atoms with Crippen molar-refractivity contribution in [1.82, 2.24) is 4.90 Å². The van der Waals surface area contributed by atoms with Crippen LogP contribution in [0.4, 0.5) is 5.69 Å². The number of ether oxygens (including phenoxy) is 1. The Bertz CT molecular complexity index is 906. The first-order chi connectivity index (χ1) is 15.8. The van der Waals surface area contributed by atoms with E-state index in [2.05, 4.69) is 24.8 Å². The van der Waals surface area contributed by atoms with Gasteiger partial charge in [-0.05, 0) is 50.1 Å². The second-order valence-electron chi connectivity index (χ2n) is 8.50. The molecule has 0 aliphatic rings. The van der Waals surface area contributed by atoms with Gasteiger partial charge in [0.05, 0.1) is 6.42 Å². The van der Waals surface area contributed by atoms with Gasteiger partial charge in [-0.1, -0.05) is 48.9 Å². The first-order valence-electron chi connectivity index (χ1n) is 11.3. The number of primary amides is 1. The molecule has 177 valence electrons. The van der Waals surface area contributed by atoms with Crippen LogP contribution in [0.15, 0.2) is 66.2 Å². The monoisotopic (exact) mass is 450 g/mol. The fourth-order valence-electron chi connectivity index (χ4n) is 3.04. The van der Waals surface area contributed by atoms with E-state index in [1.165, 1.54) is 12.0 Å². The third-order valence-corrected chi connectivity index (χ3v) is 5.38. The van der Waals surface area contributed by atoms with Crippen LogP contribution in [0.3, 0.4) is 0 Å². The summed E-state index contributed by atoms with van der Waals surface area (Å²) in [5.74, 6) is -0.0323. The maximum Gasteiger partial charge on any atom is 0.226 e. The van der Waals surface area contributed by atoms with E-state index in [0.717, 1.165) is 23.5 Å². The van der Waals surface area contributed by atoms with E-state index >= 15 is 0 Å². The molecule has 33 heavy (non-hydrogen) atoms. The van der Waals surface area contributed by atoms with Crippen molar-refractivity contribution in [2.75, 3.05) is 31.6 Å². The number of anilines is 1. The van der Waals surface area contributed by atoms with Crippen LogP contribution in [0, 0.1) is 12.3 Å². The number of nitrogens with two attached hydrogens (primary N) is 1. The minimum atomic E-state index is -0.397. The van der Waals surface area contributed by atoms with E-state index in [-0.39, 0.29) is 11.8 Å². The summed E-state index contributed by atoms with van der Waals surface area (Å²) in [7, 11) is 1.77. The first kappa shape index (κ1) is 26.0. The lowest BCUT2D eigenvalue weighted by atomic mass is 10.0. The first-order valence-corrected chi connectivity index (χ1v) is 11.3. The molecule has 0 saturated heterocycles. The van der Waals surface area contributed by atoms with Gasteiger partial charge in [-0.25, -0.2) is 0 Å². The van der Waals surface area contributed by atoms with Crippen LogP contribution < -0.4 is 15.4 Å². The van der Waals surface area contributed by atoms with Gasteiger partial charge in [0.15, 0.2) is 0 Å². The largest absolute Gasteiger partial charge is 0.489 e. The number of amides is 2. The molecule has 2 rings (SSSR count). The summed E-state index contributed by atoms with van der Waals surface area (Å²) in [4.78, 5) is 27.5. The Hall–Kier alpha value is -3.28. The van der Waals surface area contributed by atoms with Crippen molar-refractivity contribution >= 4 is 17.5 Å². The van der Waals surface area contributed by atoms with E-state index in [1.54, 1.807) is 18.9 Å². The lowest BCUT2D eigenvalue weighted by Crippen LogP contribution is -2.37. The predicted molar refractivity (Wildman–Crippen MR) is 134 cm³/mol. The van der Waals surface area contributed by atoms with E-state index in [1.807, 2.05) is 54.6 Å². The number of benzene rings is 2. The summed E-state index contributed by atoms with van der Waals surface area (Å²) in [6.45, 7) is 8.38. The Labute approximate surface area is 198 Å². The van der Waals surface area contributed by atoms with E-state index < -0.39 is 5.91 Å². The number of likely N-dealkylation sites (N-methyl/N-ethyl adjacent to an activating group) is 1. The third kappa shape index (κ3) is 9.39. The summed E-state index contributed by atoms with van der Waals surface area (Å²) in [5, 5.41) is 0. The van der Waals surface area contributed by atoms with Crippen molar-refractivity contribution in [3.63, 3.8) is 0 Å². The van der Waals surface area contributed by atoms with Gasteiger partial charge in [0, 0.05) is 38.3 Å². The van der Waals surface area contributed by atoms with Gasteiger partial charge in [0.25, 0.3) is 0 Å². The molecule has 2 N–H and O–H groups in total. The van der Waals surface area contributed by atoms with Crippen LogP contribution in [-0.2, 0) is 16.2 Å². The molecular formula is C27H36N3O3. The molecule has 0 bridgehead atoms. The van der Waals surface area contributed by atoms with Crippen molar-refractivity contribution in [3.05, 3.63) is 78.2 Å². The van der Waals surface area contributed by atoms with Gasteiger partial charge in [-0.3, -0.25) is 9.59 Å². The maximum absolute atomic E-state index is 12.4. The van der Waals surface area contributed by atoms with Crippen molar-refractivity contribution in [1.29, 1.82) is 0 Å². The molecule has 1 radical (unpaired) electrons. The van der Waals surface area contributed by atoms with Crippen molar-refractivity contribution < 1.29 is 14.3 Å². The minimum absolute atomic E-state index is 0.102. The second-order valence-corrected chi connectivity index (χ2v) is 8.50. The highest BCUT2D eigenvalue weighted by molar-refractivity contribution is 5.86. The molecular weight excluding hydrogens is 414 g/mol. The molecule has 0 aromatic heterocycles. The third-order valence-electron chi connectivity index (χ3n) is 5.38. The van der Waals surface area contributed by atoms with Gasteiger partial charge in [-0.15, -0.1) is 0 Å². The van der Waals surface area contributed by atoms with Gasteiger partial charge >= 0.3 is 0 Å². The fourth-order valence-corrected chi connectivity index (χ4v) is 3.04. The Morgan fingerprint density at radius 3 is 2.30 bits per heavy atom. The summed E-state index contributed by atoms with van der Waals surface area (Å²) in [6.07, 6.45) is 4.06. The van der Waals surface area contributed by atoms with Gasteiger partial charge in [0.2, 0.25) is 11.8 Å². The SMILES string of the molecule is CC(C)=CCN(CCN(C)C(=O)[CH]CC(C)C(N)=O)c1ccc(OCc2ccccc2)cc1. The Kier molecular flexibility index (Phi) is 10.5. The lowest BCUT2D eigenvalue weighted by Gasteiger charge is -2.27. The number of nitrogens with zero attached hydrogens (tertiary/aromatic N) is 2. The summed E-state index contributed by atoms with van der Waals surface area (Å²) < 4.78 is 5.90. The zero-order valence-electron chi connectivity index (χ0n) is 20.2. The van der Waals surface area contributed by atoms with Crippen molar-refractivity contribution in [2.45, 2.75) is 33.8 Å². The predicted octanol–water partition coefficient (Wildman–Crippen LogP) is 4.21. The zero-order chi connectivity index (χ0) is 24.2. The van der Waals surface area contributed by atoms with E-state index in [0.29, 0.717) is 26.1 Å². The highest BCUT2D eigenvalue weighted by atomic mass is 16.5. The molecule has 6 nitrogen and oxygen atoms in total. The number of rotatable bonds is 13. The fraction of sp³-hybridized carbons (Fsp3) is 0.370. The zero-order valence-corrected chi connectivity index (χ0v) is 20.2.